The summed E-state index contributed by atoms with van der Waals surface area (Å²) < 4.78 is 1.12. The lowest BCUT2D eigenvalue weighted by atomic mass is 9.71. The first kappa shape index (κ1) is 12.9. The van der Waals surface area contributed by atoms with Crippen molar-refractivity contribution < 1.29 is 5.11 Å². The summed E-state index contributed by atoms with van der Waals surface area (Å²) >= 11 is 7.07. The molecule has 1 aliphatic rings. The van der Waals surface area contributed by atoms with Crippen LogP contribution in [-0.2, 0) is 6.42 Å². The van der Waals surface area contributed by atoms with Gasteiger partial charge >= 0.3 is 0 Å². The largest absolute Gasteiger partial charge is 0.388 e. The van der Waals surface area contributed by atoms with Crippen LogP contribution in [-0.4, -0.2) is 22.2 Å². The number of hydrogen-bond donors (Lipinski definition) is 1. The van der Waals surface area contributed by atoms with Gasteiger partial charge in [-0.1, -0.05) is 13.8 Å². The van der Waals surface area contributed by atoms with Crippen LogP contribution >= 0.6 is 39.0 Å². The Labute approximate surface area is 114 Å². The van der Waals surface area contributed by atoms with Gasteiger partial charge in [-0.05, 0) is 39.6 Å². The van der Waals surface area contributed by atoms with Crippen molar-refractivity contribution in [2.75, 3.05) is 11.5 Å². The number of halogens is 1. The molecular weight excluding hydrogens is 304 g/mol. The van der Waals surface area contributed by atoms with Crippen molar-refractivity contribution in [1.82, 2.24) is 0 Å². The van der Waals surface area contributed by atoms with Gasteiger partial charge in [-0.25, -0.2) is 0 Å². The SMILES string of the molecule is CC1(C)CCSCC1(O)Cc1cc(Br)cs1. The van der Waals surface area contributed by atoms with Crippen LogP contribution in [0.25, 0.3) is 0 Å². The van der Waals surface area contributed by atoms with E-state index in [2.05, 4.69) is 41.2 Å². The van der Waals surface area contributed by atoms with Crippen LogP contribution in [0.5, 0.6) is 0 Å². The Morgan fingerprint density at radius 2 is 2.25 bits per heavy atom. The van der Waals surface area contributed by atoms with E-state index < -0.39 is 5.60 Å². The number of rotatable bonds is 2. The average Bonchev–Trinajstić information content (AvgIpc) is 2.57. The number of thiophene rings is 1. The minimum atomic E-state index is -0.555. The molecule has 0 radical (unpaired) electrons. The van der Waals surface area contributed by atoms with Crippen LogP contribution in [0.2, 0.25) is 0 Å². The molecule has 1 fully saturated rings. The molecule has 0 spiro atoms. The fourth-order valence-corrected chi connectivity index (χ4v) is 5.21. The molecule has 90 valence electrons. The summed E-state index contributed by atoms with van der Waals surface area (Å²) in [6.07, 6.45) is 1.88. The molecule has 16 heavy (non-hydrogen) atoms. The third-order valence-electron chi connectivity index (χ3n) is 3.56. The van der Waals surface area contributed by atoms with Crippen LogP contribution in [0.4, 0.5) is 0 Å². The fourth-order valence-electron chi connectivity index (χ4n) is 2.02. The minimum Gasteiger partial charge on any atom is -0.388 e. The quantitative estimate of drug-likeness (QED) is 0.890. The number of hydrogen-bond acceptors (Lipinski definition) is 3. The molecule has 0 amide bonds. The first-order valence-corrected chi connectivity index (χ1v) is 8.29. The molecule has 2 rings (SSSR count). The van der Waals surface area contributed by atoms with Gasteiger partial charge in [0, 0.05) is 26.9 Å². The van der Waals surface area contributed by atoms with Crippen molar-refractivity contribution in [2.24, 2.45) is 5.41 Å². The van der Waals surface area contributed by atoms with Crippen molar-refractivity contribution in [3.05, 3.63) is 20.8 Å². The highest BCUT2D eigenvalue weighted by molar-refractivity contribution is 9.10. The second kappa shape index (κ2) is 4.63. The maximum absolute atomic E-state index is 10.8. The predicted molar refractivity (Wildman–Crippen MR) is 76.4 cm³/mol. The maximum atomic E-state index is 10.8. The van der Waals surface area contributed by atoms with E-state index in [-0.39, 0.29) is 5.41 Å². The Kier molecular flexibility index (Phi) is 3.75. The lowest BCUT2D eigenvalue weighted by molar-refractivity contribution is -0.0507. The summed E-state index contributed by atoms with van der Waals surface area (Å²) in [7, 11) is 0. The molecule has 2 heterocycles. The summed E-state index contributed by atoms with van der Waals surface area (Å²) in [4.78, 5) is 1.27. The van der Waals surface area contributed by atoms with Gasteiger partial charge in [-0.3, -0.25) is 0 Å². The molecule has 0 aliphatic carbocycles. The van der Waals surface area contributed by atoms with E-state index in [9.17, 15) is 5.11 Å². The minimum absolute atomic E-state index is 0.0225. The highest BCUT2D eigenvalue weighted by atomic mass is 79.9. The van der Waals surface area contributed by atoms with Gasteiger partial charge in [0.1, 0.15) is 0 Å². The standard InChI is InChI=1S/C12H17BrOS2/c1-11(2)3-4-15-8-12(11,14)6-10-5-9(13)7-16-10/h5,7,14H,3-4,6,8H2,1-2H3. The van der Waals surface area contributed by atoms with Crippen LogP contribution in [0.15, 0.2) is 15.9 Å². The lowest BCUT2D eigenvalue weighted by Gasteiger charge is -2.46. The summed E-state index contributed by atoms with van der Waals surface area (Å²) in [6.45, 7) is 4.38. The average molecular weight is 321 g/mol. The van der Waals surface area contributed by atoms with Crippen molar-refractivity contribution >= 4 is 39.0 Å². The van der Waals surface area contributed by atoms with E-state index in [1.165, 1.54) is 10.6 Å². The monoisotopic (exact) mass is 320 g/mol. The van der Waals surface area contributed by atoms with E-state index in [0.717, 1.165) is 23.1 Å². The van der Waals surface area contributed by atoms with Crippen molar-refractivity contribution in [3.63, 3.8) is 0 Å². The van der Waals surface area contributed by atoms with Gasteiger partial charge in [0.2, 0.25) is 0 Å². The summed E-state index contributed by atoms with van der Waals surface area (Å²) in [5, 5.41) is 12.9. The Morgan fingerprint density at radius 1 is 1.50 bits per heavy atom. The zero-order chi connectivity index (χ0) is 11.8. The maximum Gasteiger partial charge on any atom is 0.0836 e. The highest BCUT2D eigenvalue weighted by Gasteiger charge is 2.45. The van der Waals surface area contributed by atoms with Gasteiger partial charge < -0.3 is 5.11 Å². The Morgan fingerprint density at radius 3 is 2.81 bits per heavy atom. The summed E-state index contributed by atoms with van der Waals surface area (Å²) in [5.41, 5.74) is -0.533. The highest BCUT2D eigenvalue weighted by Crippen LogP contribution is 2.44. The molecule has 1 aliphatic heterocycles. The molecule has 0 bridgehead atoms. The molecule has 1 aromatic rings. The van der Waals surface area contributed by atoms with Gasteiger partial charge in [0.05, 0.1) is 5.60 Å². The zero-order valence-corrected chi connectivity index (χ0v) is 12.8. The van der Waals surface area contributed by atoms with Gasteiger partial charge in [-0.15, -0.1) is 11.3 Å². The van der Waals surface area contributed by atoms with Crippen LogP contribution < -0.4 is 0 Å². The van der Waals surface area contributed by atoms with E-state index in [1.807, 2.05) is 11.8 Å². The van der Waals surface area contributed by atoms with Gasteiger partial charge in [-0.2, -0.15) is 11.8 Å². The van der Waals surface area contributed by atoms with E-state index in [0.29, 0.717) is 0 Å². The Balaban J connectivity index is 2.17. The van der Waals surface area contributed by atoms with Crippen molar-refractivity contribution in [1.29, 1.82) is 0 Å². The molecule has 0 saturated carbocycles. The lowest BCUT2D eigenvalue weighted by Crippen LogP contribution is -2.51. The Hall–Kier alpha value is 0.490. The molecule has 1 atom stereocenters. The normalized spacial score (nSPS) is 29.2. The first-order chi connectivity index (χ1) is 7.43. The molecule has 1 nitrogen and oxygen atoms in total. The molecule has 1 aromatic heterocycles. The molecule has 1 N–H and O–H groups in total. The number of thioether (sulfide) groups is 1. The zero-order valence-electron chi connectivity index (χ0n) is 9.62. The first-order valence-electron chi connectivity index (χ1n) is 5.46. The second-order valence-electron chi connectivity index (χ2n) is 5.13. The summed E-state index contributed by atoms with van der Waals surface area (Å²) in [6, 6.07) is 2.12. The fraction of sp³-hybridized carbons (Fsp3) is 0.667. The van der Waals surface area contributed by atoms with E-state index in [1.54, 1.807) is 11.3 Å². The van der Waals surface area contributed by atoms with Crippen LogP contribution in [0, 0.1) is 5.41 Å². The predicted octanol–water partition coefficient (Wildman–Crippen LogP) is 3.95. The molecule has 4 heteroatoms. The van der Waals surface area contributed by atoms with Crippen molar-refractivity contribution in [3.8, 4) is 0 Å². The number of aliphatic hydroxyl groups is 1. The third kappa shape index (κ3) is 2.50. The third-order valence-corrected chi connectivity index (χ3v) is 6.43. The molecule has 1 saturated heterocycles. The van der Waals surface area contributed by atoms with E-state index in [4.69, 9.17) is 0 Å². The van der Waals surface area contributed by atoms with Crippen LogP contribution in [0.3, 0.4) is 0 Å². The summed E-state index contributed by atoms with van der Waals surface area (Å²) in [5.74, 6) is 2.03. The van der Waals surface area contributed by atoms with Crippen molar-refractivity contribution in [2.45, 2.75) is 32.3 Å². The molecule has 0 aromatic carbocycles. The molecular formula is C12H17BrOS2. The Bertz CT molecular complexity index is 375. The smallest absolute Gasteiger partial charge is 0.0836 e. The topological polar surface area (TPSA) is 20.2 Å². The van der Waals surface area contributed by atoms with Gasteiger partial charge in [0.15, 0.2) is 0 Å². The molecule has 1 unspecified atom stereocenters. The van der Waals surface area contributed by atoms with Gasteiger partial charge in [0.25, 0.3) is 0 Å². The second-order valence-corrected chi connectivity index (χ2v) is 8.14. The van der Waals surface area contributed by atoms with E-state index >= 15 is 0 Å². The van der Waals surface area contributed by atoms with Crippen LogP contribution in [0.1, 0.15) is 25.1 Å².